The van der Waals surface area contributed by atoms with Crippen LogP contribution >= 0.6 is 0 Å². The first-order valence-electron chi connectivity index (χ1n) is 6.00. The summed E-state index contributed by atoms with van der Waals surface area (Å²) < 4.78 is 1.66. The molecule has 96 valence electrons. The monoisotopic (exact) mass is 237 g/mol. The van der Waals surface area contributed by atoms with Gasteiger partial charge < -0.3 is 4.90 Å². The molecule has 1 aromatic heterocycles. The summed E-state index contributed by atoms with van der Waals surface area (Å²) in [5.74, 6) is 0.0584. The van der Waals surface area contributed by atoms with Gasteiger partial charge in [-0.25, -0.2) is 0 Å². The summed E-state index contributed by atoms with van der Waals surface area (Å²) in [6, 6.07) is 0.196. The predicted molar refractivity (Wildman–Crippen MR) is 68.8 cm³/mol. The number of aryl methyl sites for hydroxylation is 1. The molecule has 0 fully saturated rings. The number of hydrogen-bond acceptors (Lipinski definition) is 2. The number of carbonyl (C=O) groups excluding carboxylic acids is 1. The van der Waals surface area contributed by atoms with Crippen molar-refractivity contribution in [3.05, 3.63) is 18.0 Å². The van der Waals surface area contributed by atoms with E-state index < -0.39 is 0 Å². The minimum absolute atomic E-state index is 0.0584. The number of carbonyl (C=O) groups is 1. The van der Waals surface area contributed by atoms with Crippen LogP contribution in [0.1, 0.15) is 45.0 Å². The van der Waals surface area contributed by atoms with Crippen LogP contribution in [-0.2, 0) is 7.05 Å². The summed E-state index contributed by atoms with van der Waals surface area (Å²) in [5.41, 5.74) is 0.757. The number of aromatic nitrogens is 2. The average Bonchev–Trinajstić information content (AvgIpc) is 2.58. The van der Waals surface area contributed by atoms with Gasteiger partial charge in [0, 0.05) is 25.8 Å². The first-order chi connectivity index (χ1) is 7.70. The molecule has 17 heavy (non-hydrogen) atoms. The highest BCUT2D eigenvalue weighted by molar-refractivity contribution is 5.93. The van der Waals surface area contributed by atoms with Crippen molar-refractivity contribution in [2.45, 2.75) is 40.7 Å². The Kier molecular flexibility index (Phi) is 3.96. The highest BCUT2D eigenvalue weighted by atomic mass is 16.2. The molecule has 0 aliphatic rings. The van der Waals surface area contributed by atoms with Crippen molar-refractivity contribution in [2.24, 2.45) is 12.5 Å². The van der Waals surface area contributed by atoms with Crippen molar-refractivity contribution in [1.29, 1.82) is 0 Å². The Bertz CT molecular complexity index is 388. The Morgan fingerprint density at radius 1 is 1.47 bits per heavy atom. The molecule has 0 N–H and O–H groups in total. The lowest BCUT2D eigenvalue weighted by molar-refractivity contribution is 0.0632. The largest absolute Gasteiger partial charge is 0.336 e. The molecule has 4 nitrogen and oxygen atoms in total. The predicted octanol–water partition coefficient (Wildman–Crippen LogP) is 2.32. The summed E-state index contributed by atoms with van der Waals surface area (Å²) in [6.45, 7) is 11.2. The van der Waals surface area contributed by atoms with E-state index in [0.717, 1.165) is 6.54 Å². The lowest BCUT2D eigenvalue weighted by atomic mass is 9.95. The normalized spacial score (nSPS) is 11.9. The average molecular weight is 237 g/mol. The number of nitrogens with zero attached hydrogens (tertiary/aromatic N) is 3. The second-order valence-corrected chi connectivity index (χ2v) is 5.99. The molecule has 1 heterocycles. The Hall–Kier alpha value is -1.32. The van der Waals surface area contributed by atoms with Crippen LogP contribution in [0.4, 0.5) is 0 Å². The SMILES string of the molecule is CC(C)N(CC(C)(C)C)C(=O)c1cnn(C)c1. The molecule has 0 bridgehead atoms. The van der Waals surface area contributed by atoms with Gasteiger partial charge in [-0.15, -0.1) is 0 Å². The van der Waals surface area contributed by atoms with Crippen molar-refractivity contribution in [2.75, 3.05) is 6.54 Å². The van der Waals surface area contributed by atoms with Gasteiger partial charge in [-0.1, -0.05) is 20.8 Å². The van der Waals surface area contributed by atoms with E-state index in [4.69, 9.17) is 0 Å². The van der Waals surface area contributed by atoms with E-state index >= 15 is 0 Å². The van der Waals surface area contributed by atoms with Crippen LogP contribution in [-0.4, -0.2) is 33.2 Å². The van der Waals surface area contributed by atoms with Crippen molar-refractivity contribution >= 4 is 5.91 Å². The molecule has 1 rings (SSSR count). The molecule has 0 saturated carbocycles. The third kappa shape index (κ3) is 3.88. The maximum absolute atomic E-state index is 12.3. The van der Waals surface area contributed by atoms with Crippen molar-refractivity contribution < 1.29 is 4.79 Å². The van der Waals surface area contributed by atoms with Crippen LogP contribution in [0, 0.1) is 5.41 Å². The molecular formula is C13H23N3O. The van der Waals surface area contributed by atoms with Gasteiger partial charge in [0.15, 0.2) is 0 Å². The van der Waals surface area contributed by atoms with Gasteiger partial charge in [0.1, 0.15) is 0 Å². The van der Waals surface area contributed by atoms with Gasteiger partial charge in [0.25, 0.3) is 5.91 Å². The van der Waals surface area contributed by atoms with Crippen LogP contribution in [0.5, 0.6) is 0 Å². The summed E-state index contributed by atoms with van der Waals surface area (Å²) in [4.78, 5) is 14.2. The molecule has 0 aliphatic heterocycles. The fraction of sp³-hybridized carbons (Fsp3) is 0.692. The van der Waals surface area contributed by atoms with Crippen molar-refractivity contribution in [1.82, 2.24) is 14.7 Å². The maximum atomic E-state index is 12.3. The standard InChI is InChI=1S/C13H23N3O/c1-10(2)16(9-13(3,4)5)12(17)11-7-14-15(6)8-11/h7-8,10H,9H2,1-6H3. The minimum atomic E-state index is 0.0584. The third-order valence-electron chi connectivity index (χ3n) is 2.48. The Morgan fingerprint density at radius 3 is 2.41 bits per heavy atom. The van der Waals surface area contributed by atoms with Gasteiger partial charge in [-0.3, -0.25) is 9.48 Å². The summed E-state index contributed by atoms with van der Waals surface area (Å²) in [7, 11) is 1.82. The fourth-order valence-electron chi connectivity index (χ4n) is 1.70. The molecule has 0 atom stereocenters. The Balaban J connectivity index is 2.88. The molecule has 1 aromatic rings. The quantitative estimate of drug-likeness (QED) is 0.809. The van der Waals surface area contributed by atoms with Crippen LogP contribution < -0.4 is 0 Å². The lowest BCUT2D eigenvalue weighted by Gasteiger charge is -2.32. The highest BCUT2D eigenvalue weighted by Gasteiger charge is 2.24. The summed E-state index contributed by atoms with van der Waals surface area (Å²) in [6.07, 6.45) is 3.39. The molecule has 0 saturated heterocycles. The zero-order valence-corrected chi connectivity index (χ0v) is 11.7. The Morgan fingerprint density at radius 2 is 2.06 bits per heavy atom. The third-order valence-corrected chi connectivity index (χ3v) is 2.48. The maximum Gasteiger partial charge on any atom is 0.257 e. The van der Waals surface area contributed by atoms with E-state index in [1.165, 1.54) is 0 Å². The number of amides is 1. The molecule has 0 radical (unpaired) electrons. The topological polar surface area (TPSA) is 38.1 Å². The minimum Gasteiger partial charge on any atom is -0.336 e. The van der Waals surface area contributed by atoms with Crippen LogP contribution in [0.25, 0.3) is 0 Å². The molecule has 0 spiro atoms. The molecule has 0 aromatic carbocycles. The molecule has 1 amide bonds. The van der Waals surface area contributed by atoms with Crippen molar-refractivity contribution in [3.63, 3.8) is 0 Å². The van der Waals surface area contributed by atoms with E-state index in [1.54, 1.807) is 17.1 Å². The van der Waals surface area contributed by atoms with E-state index in [2.05, 4.69) is 25.9 Å². The van der Waals surface area contributed by atoms with Crippen LogP contribution in [0.15, 0.2) is 12.4 Å². The van der Waals surface area contributed by atoms with Gasteiger partial charge in [0.05, 0.1) is 11.8 Å². The van der Waals surface area contributed by atoms with Gasteiger partial charge in [-0.05, 0) is 19.3 Å². The Labute approximate surface area is 104 Å². The zero-order chi connectivity index (χ0) is 13.2. The van der Waals surface area contributed by atoms with E-state index in [0.29, 0.717) is 5.56 Å². The summed E-state index contributed by atoms with van der Waals surface area (Å²) in [5, 5.41) is 4.05. The van der Waals surface area contributed by atoms with E-state index in [1.807, 2.05) is 25.8 Å². The van der Waals surface area contributed by atoms with Gasteiger partial charge in [0.2, 0.25) is 0 Å². The first-order valence-corrected chi connectivity index (χ1v) is 6.00. The molecule has 0 unspecified atom stereocenters. The first kappa shape index (κ1) is 13.7. The van der Waals surface area contributed by atoms with E-state index in [9.17, 15) is 4.79 Å². The van der Waals surface area contributed by atoms with Crippen LogP contribution in [0.3, 0.4) is 0 Å². The molecule has 4 heteroatoms. The van der Waals surface area contributed by atoms with E-state index in [-0.39, 0.29) is 17.4 Å². The number of rotatable bonds is 3. The van der Waals surface area contributed by atoms with Crippen molar-refractivity contribution in [3.8, 4) is 0 Å². The zero-order valence-electron chi connectivity index (χ0n) is 11.7. The van der Waals surface area contributed by atoms with Gasteiger partial charge in [-0.2, -0.15) is 5.10 Å². The lowest BCUT2D eigenvalue weighted by Crippen LogP contribution is -2.42. The highest BCUT2D eigenvalue weighted by Crippen LogP contribution is 2.19. The van der Waals surface area contributed by atoms with Crippen LogP contribution in [0.2, 0.25) is 0 Å². The smallest absolute Gasteiger partial charge is 0.257 e. The van der Waals surface area contributed by atoms with Gasteiger partial charge >= 0.3 is 0 Å². The molecular weight excluding hydrogens is 214 g/mol. The second kappa shape index (κ2) is 4.90. The second-order valence-electron chi connectivity index (χ2n) is 5.99. The molecule has 0 aliphatic carbocycles. The fourth-order valence-corrected chi connectivity index (χ4v) is 1.70. The summed E-state index contributed by atoms with van der Waals surface area (Å²) >= 11 is 0. The number of hydrogen-bond donors (Lipinski definition) is 0.